The topological polar surface area (TPSA) is 86.2 Å². The second kappa shape index (κ2) is 3.26. The molecule has 0 radical (unpaired) electrons. The van der Waals surface area contributed by atoms with Gasteiger partial charge in [-0.2, -0.15) is 0 Å². The molecule has 0 saturated heterocycles. The maximum absolute atomic E-state index is 11.1. The summed E-state index contributed by atoms with van der Waals surface area (Å²) in [7, 11) is 1.28. The molecule has 0 unspecified atom stereocenters. The fourth-order valence-corrected chi connectivity index (χ4v) is 2.79. The van der Waals surface area contributed by atoms with Crippen LogP contribution in [-0.2, 0) is 9.05 Å². The van der Waals surface area contributed by atoms with Crippen molar-refractivity contribution in [1.29, 1.82) is 0 Å². The number of hydrogen-bond acceptors (Lipinski definition) is 5. The number of anilines is 1. The van der Waals surface area contributed by atoms with Crippen molar-refractivity contribution in [3.05, 3.63) is 17.2 Å². The van der Waals surface area contributed by atoms with Gasteiger partial charge in [0.15, 0.2) is 11.4 Å². The third-order valence-electron chi connectivity index (χ3n) is 1.83. The highest BCUT2D eigenvalue weighted by Crippen LogP contribution is 2.34. The van der Waals surface area contributed by atoms with E-state index in [-0.39, 0.29) is 21.1 Å². The first-order valence-corrected chi connectivity index (χ1v) is 6.38. The summed E-state index contributed by atoms with van der Waals surface area (Å²) in [6.07, 6.45) is 0. The van der Waals surface area contributed by atoms with Gasteiger partial charge in [-0.3, -0.25) is 0 Å². The van der Waals surface area contributed by atoms with Crippen molar-refractivity contribution < 1.29 is 12.9 Å². The average molecular weight is 267 g/mol. The van der Waals surface area contributed by atoms with E-state index < -0.39 is 9.05 Å². The molecule has 80 valence electrons. The summed E-state index contributed by atoms with van der Waals surface area (Å²) in [6, 6.07) is 2.62. The predicted octanol–water partition coefficient (Wildman–Crippen LogP) is 1.99. The molecule has 1 aromatic carbocycles. The minimum absolute atomic E-state index is 0.0252. The van der Waals surface area contributed by atoms with E-state index >= 15 is 0 Å². The lowest BCUT2D eigenvalue weighted by Crippen LogP contribution is -1.93. The molecule has 0 aliphatic rings. The fourth-order valence-electron chi connectivity index (χ4n) is 1.19. The van der Waals surface area contributed by atoms with Gasteiger partial charge in [-0.25, -0.2) is 8.42 Å². The number of nitrogens with two attached hydrogens (primary N) is 1. The molecule has 0 amide bonds. The summed E-state index contributed by atoms with van der Waals surface area (Å²) in [5.41, 5.74) is 5.77. The minimum atomic E-state index is -3.90. The number of nitrogens with zero attached hydrogens (tertiary/aromatic N) is 1. The van der Waals surface area contributed by atoms with Crippen molar-refractivity contribution in [3.8, 4) is 0 Å². The molecule has 15 heavy (non-hydrogen) atoms. The first-order chi connectivity index (χ1) is 6.91. The maximum atomic E-state index is 11.1. The Morgan fingerprint density at radius 3 is 2.67 bits per heavy atom. The highest BCUT2D eigenvalue weighted by atomic mass is 35.7. The van der Waals surface area contributed by atoms with Gasteiger partial charge in [0.2, 0.25) is 0 Å². The molecule has 1 heterocycles. The van der Waals surface area contributed by atoms with Crippen LogP contribution in [0.2, 0.25) is 5.02 Å². The predicted molar refractivity (Wildman–Crippen MR) is 56.5 cm³/mol. The molecule has 0 aliphatic carbocycles. The molecule has 5 nitrogen and oxygen atoms in total. The third-order valence-corrected chi connectivity index (χ3v) is 3.70. The van der Waals surface area contributed by atoms with Crippen LogP contribution in [0.3, 0.4) is 0 Å². The van der Waals surface area contributed by atoms with Gasteiger partial charge in [-0.1, -0.05) is 16.8 Å². The van der Waals surface area contributed by atoms with Crippen LogP contribution < -0.4 is 5.73 Å². The number of fused-ring (bicyclic) bond motifs is 1. The van der Waals surface area contributed by atoms with Gasteiger partial charge in [0.25, 0.3) is 9.05 Å². The van der Waals surface area contributed by atoms with Gasteiger partial charge in [-0.15, -0.1) is 0 Å². The number of nitrogen functional groups attached to an aromatic ring is 1. The van der Waals surface area contributed by atoms with Crippen LogP contribution in [0.25, 0.3) is 11.0 Å². The van der Waals surface area contributed by atoms with Crippen LogP contribution in [0.5, 0.6) is 0 Å². The number of halogens is 2. The Balaban J connectivity index is 2.92. The standard InChI is InChI=1S/C7H4Cl2N2O3S/c8-6-4(15(9,12)13)2-1-3-5(6)7(10)11-14-3/h1-2H,(H2,10,11). The Labute approximate surface area is 94.2 Å². The van der Waals surface area contributed by atoms with E-state index in [2.05, 4.69) is 5.16 Å². The molecule has 0 atom stereocenters. The van der Waals surface area contributed by atoms with E-state index in [1.807, 2.05) is 0 Å². The Kier molecular flexibility index (Phi) is 2.29. The molecule has 8 heteroatoms. The number of hydrogen-bond donors (Lipinski definition) is 1. The molecule has 0 aliphatic heterocycles. The largest absolute Gasteiger partial charge is 0.380 e. The Morgan fingerprint density at radius 1 is 1.40 bits per heavy atom. The summed E-state index contributed by atoms with van der Waals surface area (Å²) in [5, 5.41) is 3.63. The van der Waals surface area contributed by atoms with Gasteiger partial charge < -0.3 is 10.3 Å². The molecule has 2 aromatic rings. The molecule has 0 bridgehead atoms. The van der Waals surface area contributed by atoms with Gasteiger partial charge in [-0.05, 0) is 12.1 Å². The van der Waals surface area contributed by atoms with E-state index in [0.717, 1.165) is 0 Å². The quantitative estimate of drug-likeness (QED) is 0.798. The van der Waals surface area contributed by atoms with Crippen molar-refractivity contribution in [2.24, 2.45) is 0 Å². The highest BCUT2D eigenvalue weighted by molar-refractivity contribution is 8.13. The number of benzene rings is 1. The molecular weight excluding hydrogens is 263 g/mol. The monoisotopic (exact) mass is 266 g/mol. The lowest BCUT2D eigenvalue weighted by Gasteiger charge is -1.99. The molecular formula is C7H4Cl2N2O3S. The number of rotatable bonds is 1. The van der Waals surface area contributed by atoms with Crippen LogP contribution in [0.1, 0.15) is 0 Å². The van der Waals surface area contributed by atoms with Gasteiger partial charge in [0.05, 0.1) is 10.4 Å². The fraction of sp³-hybridized carbons (Fsp3) is 0. The van der Waals surface area contributed by atoms with Gasteiger partial charge in [0, 0.05) is 10.7 Å². The molecule has 0 saturated carbocycles. The van der Waals surface area contributed by atoms with Crippen molar-refractivity contribution in [2.45, 2.75) is 4.90 Å². The molecule has 1 aromatic heterocycles. The van der Waals surface area contributed by atoms with E-state index in [1.54, 1.807) is 0 Å². The molecule has 0 fully saturated rings. The van der Waals surface area contributed by atoms with Crippen molar-refractivity contribution in [1.82, 2.24) is 5.16 Å². The zero-order valence-corrected chi connectivity index (χ0v) is 9.40. The SMILES string of the molecule is Nc1noc2ccc(S(=O)(=O)Cl)c(Cl)c12. The van der Waals surface area contributed by atoms with E-state index in [0.29, 0.717) is 5.58 Å². The van der Waals surface area contributed by atoms with Gasteiger partial charge >= 0.3 is 0 Å². The summed E-state index contributed by atoms with van der Waals surface area (Å²) >= 11 is 5.83. The Hall–Kier alpha value is -0.980. The Bertz CT molecular complexity index is 635. The van der Waals surface area contributed by atoms with E-state index in [9.17, 15) is 8.42 Å². The third kappa shape index (κ3) is 1.64. The van der Waals surface area contributed by atoms with Crippen molar-refractivity contribution in [2.75, 3.05) is 5.73 Å². The normalized spacial score (nSPS) is 12.1. The van der Waals surface area contributed by atoms with Crippen molar-refractivity contribution in [3.63, 3.8) is 0 Å². The maximum Gasteiger partial charge on any atom is 0.262 e. The van der Waals surface area contributed by atoms with Crippen LogP contribution in [0, 0.1) is 0 Å². The van der Waals surface area contributed by atoms with Crippen LogP contribution in [0.4, 0.5) is 5.82 Å². The van der Waals surface area contributed by atoms with E-state index in [4.69, 9.17) is 32.5 Å². The summed E-state index contributed by atoms with van der Waals surface area (Å²) in [6.45, 7) is 0. The summed E-state index contributed by atoms with van der Waals surface area (Å²) < 4.78 is 27.0. The first kappa shape index (κ1) is 10.5. The minimum Gasteiger partial charge on any atom is -0.380 e. The van der Waals surface area contributed by atoms with Crippen LogP contribution in [0.15, 0.2) is 21.6 Å². The van der Waals surface area contributed by atoms with Gasteiger partial charge in [0.1, 0.15) is 4.90 Å². The lowest BCUT2D eigenvalue weighted by atomic mass is 10.2. The highest BCUT2D eigenvalue weighted by Gasteiger charge is 2.20. The zero-order chi connectivity index (χ0) is 11.2. The molecule has 0 spiro atoms. The lowest BCUT2D eigenvalue weighted by molar-refractivity contribution is 0.460. The second-order valence-electron chi connectivity index (χ2n) is 2.76. The summed E-state index contributed by atoms with van der Waals surface area (Å²) in [4.78, 5) is -0.215. The molecule has 2 N–H and O–H groups in total. The number of aromatic nitrogens is 1. The first-order valence-electron chi connectivity index (χ1n) is 3.69. The van der Waals surface area contributed by atoms with Crippen LogP contribution >= 0.6 is 22.3 Å². The van der Waals surface area contributed by atoms with E-state index in [1.165, 1.54) is 12.1 Å². The molecule has 2 rings (SSSR count). The average Bonchev–Trinajstić information content (AvgIpc) is 2.46. The van der Waals surface area contributed by atoms with Crippen molar-refractivity contribution >= 4 is 48.1 Å². The Morgan fingerprint density at radius 2 is 2.07 bits per heavy atom. The smallest absolute Gasteiger partial charge is 0.262 e. The summed E-state index contributed by atoms with van der Waals surface area (Å²) in [5.74, 6) is 0.0252. The second-order valence-corrected chi connectivity index (χ2v) is 5.67. The zero-order valence-electron chi connectivity index (χ0n) is 7.07. The van der Waals surface area contributed by atoms with Crippen LogP contribution in [-0.4, -0.2) is 13.6 Å².